The molecule has 118 valence electrons. The van der Waals surface area contributed by atoms with Gasteiger partial charge in [-0.3, -0.25) is 4.84 Å². The van der Waals surface area contributed by atoms with Crippen LogP contribution in [-0.2, 0) is 19.9 Å². The van der Waals surface area contributed by atoms with E-state index in [4.69, 9.17) is 9.57 Å². The van der Waals surface area contributed by atoms with Crippen molar-refractivity contribution in [3.05, 3.63) is 71.8 Å². The van der Waals surface area contributed by atoms with Crippen LogP contribution in [0, 0.1) is 0 Å². The second-order valence-corrected chi connectivity index (χ2v) is 6.21. The lowest BCUT2D eigenvalue weighted by Crippen LogP contribution is -2.57. The standard InChI is InChI=1S/C19H19NO3/c1-14-13-22-18(21)19(16-10-6-3-7-11-16)12-17(23-20(14)19)15-8-4-2-5-9-15/h2-11,14,17H,12-13H2,1H3. The molecule has 0 aliphatic carbocycles. The first-order valence-corrected chi connectivity index (χ1v) is 7.95. The van der Waals surface area contributed by atoms with Gasteiger partial charge in [0, 0.05) is 6.42 Å². The number of hydrogen-bond donors (Lipinski definition) is 0. The highest BCUT2D eigenvalue weighted by atomic mass is 16.7. The molecular formula is C19H19NO3. The Morgan fingerprint density at radius 3 is 2.39 bits per heavy atom. The average Bonchev–Trinajstić information content (AvgIpc) is 3.03. The normalized spacial score (nSPS) is 30.7. The van der Waals surface area contributed by atoms with Crippen molar-refractivity contribution >= 4 is 5.97 Å². The van der Waals surface area contributed by atoms with Crippen molar-refractivity contribution in [1.82, 2.24) is 5.06 Å². The molecule has 0 saturated carbocycles. The maximum absolute atomic E-state index is 12.8. The molecule has 3 unspecified atom stereocenters. The van der Waals surface area contributed by atoms with Gasteiger partial charge in [-0.2, -0.15) is 5.06 Å². The van der Waals surface area contributed by atoms with Crippen LogP contribution < -0.4 is 0 Å². The molecule has 2 aromatic rings. The number of carbonyl (C=O) groups excluding carboxylic acids is 1. The number of rotatable bonds is 2. The molecule has 0 N–H and O–H groups in total. The fourth-order valence-corrected chi connectivity index (χ4v) is 3.58. The summed E-state index contributed by atoms with van der Waals surface area (Å²) in [6, 6.07) is 19.9. The average molecular weight is 309 g/mol. The zero-order valence-corrected chi connectivity index (χ0v) is 13.0. The van der Waals surface area contributed by atoms with Crippen molar-refractivity contribution < 1.29 is 14.4 Å². The van der Waals surface area contributed by atoms with Crippen LogP contribution in [-0.4, -0.2) is 23.7 Å². The van der Waals surface area contributed by atoms with Gasteiger partial charge in [-0.1, -0.05) is 60.7 Å². The first-order chi connectivity index (χ1) is 11.2. The summed E-state index contributed by atoms with van der Waals surface area (Å²) in [7, 11) is 0. The summed E-state index contributed by atoms with van der Waals surface area (Å²) in [5.74, 6) is -0.222. The van der Waals surface area contributed by atoms with E-state index in [1.807, 2.05) is 72.7 Å². The van der Waals surface area contributed by atoms with Gasteiger partial charge >= 0.3 is 5.97 Å². The number of morpholine rings is 1. The summed E-state index contributed by atoms with van der Waals surface area (Å²) >= 11 is 0. The van der Waals surface area contributed by atoms with Crippen LogP contribution in [0.25, 0.3) is 0 Å². The molecule has 2 aliphatic rings. The zero-order chi connectivity index (χ0) is 15.9. The number of nitrogens with zero attached hydrogens (tertiary/aromatic N) is 1. The minimum absolute atomic E-state index is 0.0154. The lowest BCUT2D eigenvalue weighted by atomic mass is 9.82. The predicted molar refractivity (Wildman–Crippen MR) is 85.3 cm³/mol. The molecule has 0 amide bonds. The molecule has 4 heteroatoms. The van der Waals surface area contributed by atoms with E-state index < -0.39 is 5.54 Å². The lowest BCUT2D eigenvalue weighted by Gasteiger charge is -2.41. The largest absolute Gasteiger partial charge is 0.462 e. The van der Waals surface area contributed by atoms with Gasteiger partial charge in [-0.15, -0.1) is 0 Å². The molecule has 0 radical (unpaired) electrons. The summed E-state index contributed by atoms with van der Waals surface area (Å²) in [6.45, 7) is 2.38. The van der Waals surface area contributed by atoms with E-state index in [-0.39, 0.29) is 18.1 Å². The quantitative estimate of drug-likeness (QED) is 0.799. The molecule has 23 heavy (non-hydrogen) atoms. The van der Waals surface area contributed by atoms with Crippen molar-refractivity contribution in [3.8, 4) is 0 Å². The van der Waals surface area contributed by atoms with Crippen LogP contribution in [0.2, 0.25) is 0 Å². The third kappa shape index (κ3) is 2.18. The van der Waals surface area contributed by atoms with Crippen LogP contribution in [0.5, 0.6) is 0 Å². The van der Waals surface area contributed by atoms with Crippen LogP contribution in [0.4, 0.5) is 0 Å². The van der Waals surface area contributed by atoms with Gasteiger partial charge in [0.1, 0.15) is 12.7 Å². The lowest BCUT2D eigenvalue weighted by molar-refractivity contribution is -0.249. The Morgan fingerprint density at radius 1 is 1.04 bits per heavy atom. The van der Waals surface area contributed by atoms with Gasteiger partial charge < -0.3 is 4.74 Å². The molecule has 2 saturated heterocycles. The zero-order valence-electron chi connectivity index (χ0n) is 13.0. The number of hydroxylamine groups is 2. The molecule has 4 nitrogen and oxygen atoms in total. The second-order valence-electron chi connectivity index (χ2n) is 6.21. The topological polar surface area (TPSA) is 38.8 Å². The summed E-state index contributed by atoms with van der Waals surface area (Å²) < 4.78 is 5.49. The van der Waals surface area contributed by atoms with Crippen LogP contribution >= 0.6 is 0 Å². The van der Waals surface area contributed by atoms with E-state index >= 15 is 0 Å². The van der Waals surface area contributed by atoms with E-state index in [1.165, 1.54) is 0 Å². The third-order valence-electron chi connectivity index (χ3n) is 4.71. The summed E-state index contributed by atoms with van der Waals surface area (Å²) in [4.78, 5) is 19.0. The van der Waals surface area contributed by atoms with E-state index in [0.717, 1.165) is 11.1 Å². The Kier molecular flexibility index (Phi) is 3.43. The molecule has 0 aromatic heterocycles. The van der Waals surface area contributed by atoms with Gasteiger partial charge in [0.05, 0.1) is 6.04 Å². The van der Waals surface area contributed by atoms with Crippen molar-refractivity contribution in [1.29, 1.82) is 0 Å². The molecule has 3 atom stereocenters. The fourth-order valence-electron chi connectivity index (χ4n) is 3.58. The first kappa shape index (κ1) is 14.4. The van der Waals surface area contributed by atoms with E-state index in [9.17, 15) is 4.79 Å². The van der Waals surface area contributed by atoms with Crippen LogP contribution in [0.15, 0.2) is 60.7 Å². The highest BCUT2D eigenvalue weighted by Gasteiger charge is 2.59. The molecule has 2 aromatic carbocycles. The minimum Gasteiger partial charge on any atom is -0.462 e. The van der Waals surface area contributed by atoms with Crippen LogP contribution in [0.3, 0.4) is 0 Å². The molecule has 0 spiro atoms. The number of ether oxygens (including phenoxy) is 1. The van der Waals surface area contributed by atoms with E-state index in [1.54, 1.807) is 0 Å². The second kappa shape index (κ2) is 5.48. The monoisotopic (exact) mass is 309 g/mol. The Morgan fingerprint density at radius 2 is 1.70 bits per heavy atom. The fraction of sp³-hybridized carbons (Fsp3) is 0.316. The minimum atomic E-state index is -0.862. The number of fused-ring (bicyclic) bond motifs is 1. The first-order valence-electron chi connectivity index (χ1n) is 7.95. The molecule has 0 bridgehead atoms. The van der Waals surface area contributed by atoms with Crippen molar-refractivity contribution in [3.63, 3.8) is 0 Å². The van der Waals surface area contributed by atoms with Gasteiger partial charge in [0.25, 0.3) is 0 Å². The highest BCUT2D eigenvalue weighted by molar-refractivity contribution is 5.83. The van der Waals surface area contributed by atoms with Crippen molar-refractivity contribution in [2.24, 2.45) is 0 Å². The number of carbonyl (C=O) groups is 1. The molecule has 2 aliphatic heterocycles. The van der Waals surface area contributed by atoms with Crippen molar-refractivity contribution in [2.45, 2.75) is 31.0 Å². The van der Waals surface area contributed by atoms with Gasteiger partial charge in [0.15, 0.2) is 5.54 Å². The number of hydrogen-bond acceptors (Lipinski definition) is 4. The van der Waals surface area contributed by atoms with E-state index in [0.29, 0.717) is 13.0 Å². The Hall–Kier alpha value is -2.17. The molecule has 4 rings (SSSR count). The Bertz CT molecular complexity index is 703. The number of cyclic esters (lactones) is 1. The van der Waals surface area contributed by atoms with Crippen LogP contribution in [0.1, 0.15) is 30.6 Å². The SMILES string of the molecule is CC1COC(=O)C2(c3ccccc3)CC(c3ccccc3)ON12. The van der Waals surface area contributed by atoms with Gasteiger partial charge in [0.2, 0.25) is 0 Å². The van der Waals surface area contributed by atoms with Crippen molar-refractivity contribution in [2.75, 3.05) is 6.61 Å². The maximum atomic E-state index is 12.8. The number of esters is 1. The Labute approximate surface area is 135 Å². The number of benzene rings is 2. The van der Waals surface area contributed by atoms with E-state index in [2.05, 4.69) is 0 Å². The predicted octanol–water partition coefficient (Wildman–Crippen LogP) is 3.21. The van der Waals surface area contributed by atoms with Gasteiger partial charge in [-0.05, 0) is 18.1 Å². The summed E-state index contributed by atoms with van der Waals surface area (Å²) in [5.41, 5.74) is 1.14. The summed E-state index contributed by atoms with van der Waals surface area (Å²) in [6.07, 6.45) is 0.411. The molecule has 2 fully saturated rings. The Balaban J connectivity index is 1.80. The third-order valence-corrected chi connectivity index (χ3v) is 4.71. The van der Waals surface area contributed by atoms with Gasteiger partial charge in [-0.25, -0.2) is 4.79 Å². The smallest absolute Gasteiger partial charge is 0.333 e. The highest BCUT2D eigenvalue weighted by Crippen LogP contribution is 2.50. The molecular weight excluding hydrogens is 290 g/mol. The summed E-state index contributed by atoms with van der Waals surface area (Å²) in [5, 5.41) is 1.85. The molecule has 2 heterocycles. The maximum Gasteiger partial charge on any atom is 0.333 e.